The highest BCUT2D eigenvalue weighted by Gasteiger charge is 2.54. The Morgan fingerprint density at radius 3 is 2.88 bits per heavy atom. The molecule has 0 aromatic carbocycles. The first-order chi connectivity index (χ1) is 7.61. The number of fused-ring (bicyclic) bond motifs is 1. The second-order valence-electron chi connectivity index (χ2n) is 5.46. The van der Waals surface area contributed by atoms with Crippen LogP contribution in [0.3, 0.4) is 0 Å². The van der Waals surface area contributed by atoms with Crippen LogP contribution in [0.25, 0.3) is 0 Å². The molecule has 2 nitrogen and oxygen atoms in total. The average Bonchev–Trinajstić information content (AvgIpc) is 2.63. The van der Waals surface area contributed by atoms with Crippen molar-refractivity contribution in [3.05, 3.63) is 0 Å². The van der Waals surface area contributed by atoms with E-state index in [4.69, 9.17) is 16.7 Å². The van der Waals surface area contributed by atoms with E-state index in [0.717, 1.165) is 32.1 Å². The lowest BCUT2D eigenvalue weighted by Crippen LogP contribution is -2.48. The van der Waals surface area contributed by atoms with Crippen LogP contribution in [0, 0.1) is 17.8 Å². The Kier molecular flexibility index (Phi) is 3.91. The van der Waals surface area contributed by atoms with Crippen molar-refractivity contribution in [3.63, 3.8) is 0 Å². The van der Waals surface area contributed by atoms with E-state index in [1.165, 1.54) is 6.42 Å². The van der Waals surface area contributed by atoms with Crippen LogP contribution in [0.5, 0.6) is 0 Å². The zero-order valence-corrected chi connectivity index (χ0v) is 10.6. The van der Waals surface area contributed by atoms with Gasteiger partial charge in [-0.15, -0.1) is 11.6 Å². The van der Waals surface area contributed by atoms with Gasteiger partial charge in [-0.25, -0.2) is 0 Å². The van der Waals surface area contributed by atoms with E-state index < -0.39 is 0 Å². The van der Waals surface area contributed by atoms with Gasteiger partial charge in [-0.2, -0.15) is 0 Å². The van der Waals surface area contributed by atoms with Crippen molar-refractivity contribution in [1.29, 1.82) is 0 Å². The van der Waals surface area contributed by atoms with Gasteiger partial charge in [0.2, 0.25) is 0 Å². The molecule has 2 aliphatic carbocycles. The van der Waals surface area contributed by atoms with E-state index >= 15 is 0 Å². The van der Waals surface area contributed by atoms with Crippen LogP contribution in [0.4, 0.5) is 0 Å². The number of aliphatic hydroxyl groups is 1. The highest BCUT2D eigenvalue weighted by atomic mass is 35.5. The molecule has 0 saturated heterocycles. The summed E-state index contributed by atoms with van der Waals surface area (Å²) in [6.07, 6.45) is 6.37. The highest BCUT2D eigenvalue weighted by Crippen LogP contribution is 2.51. The summed E-state index contributed by atoms with van der Waals surface area (Å²) < 4.78 is 0. The lowest BCUT2D eigenvalue weighted by Gasteiger charge is -2.37. The van der Waals surface area contributed by atoms with Gasteiger partial charge in [0, 0.05) is 5.92 Å². The number of hydrogen-bond acceptors (Lipinski definition) is 2. The van der Waals surface area contributed by atoms with Gasteiger partial charge in [-0.05, 0) is 44.4 Å². The minimum atomic E-state index is -0.186. The van der Waals surface area contributed by atoms with Crippen molar-refractivity contribution in [2.45, 2.75) is 56.9 Å². The quantitative estimate of drug-likeness (QED) is 0.597. The Morgan fingerprint density at radius 1 is 1.44 bits per heavy atom. The number of unbranched alkanes of at least 4 members (excludes halogenated alkanes) is 1. The predicted octanol–water partition coefficient (Wildman–Crippen LogP) is 2.76. The molecule has 1 N–H and O–H groups in total. The minimum absolute atomic E-state index is 0.174. The van der Waals surface area contributed by atoms with Gasteiger partial charge in [0.05, 0.1) is 11.5 Å². The van der Waals surface area contributed by atoms with Crippen LogP contribution < -0.4 is 0 Å². The van der Waals surface area contributed by atoms with Crippen molar-refractivity contribution in [2.75, 3.05) is 0 Å². The molecule has 2 rings (SSSR count). The number of carbonyl (C=O) groups is 1. The number of carbonyl (C=O) groups excluding carboxylic acids is 1. The first-order valence-electron chi connectivity index (χ1n) is 6.47. The molecule has 5 atom stereocenters. The molecule has 0 amide bonds. The summed E-state index contributed by atoms with van der Waals surface area (Å²) in [7, 11) is 0. The number of ketones is 1. The highest BCUT2D eigenvalue weighted by molar-refractivity contribution is 6.34. The van der Waals surface area contributed by atoms with Gasteiger partial charge in [-0.1, -0.05) is 12.8 Å². The van der Waals surface area contributed by atoms with E-state index in [1.54, 1.807) is 0 Å². The smallest absolute Gasteiger partial charge is 0.154 e. The fourth-order valence-corrected chi connectivity index (χ4v) is 3.76. The molecule has 92 valence electrons. The van der Waals surface area contributed by atoms with Gasteiger partial charge in [-0.3, -0.25) is 4.79 Å². The van der Waals surface area contributed by atoms with Crippen LogP contribution in [-0.4, -0.2) is 22.4 Å². The Balaban J connectivity index is 1.70. The zero-order chi connectivity index (χ0) is 11.7. The maximum atomic E-state index is 11.6. The Morgan fingerprint density at radius 2 is 2.19 bits per heavy atom. The van der Waals surface area contributed by atoms with Crippen LogP contribution >= 0.6 is 11.6 Å². The van der Waals surface area contributed by atoms with E-state index in [2.05, 4.69) is 0 Å². The third-order valence-electron chi connectivity index (χ3n) is 4.26. The summed E-state index contributed by atoms with van der Waals surface area (Å²) in [5.74, 6) is 1.65. The summed E-state index contributed by atoms with van der Waals surface area (Å²) in [6.45, 7) is 1.83. The summed E-state index contributed by atoms with van der Waals surface area (Å²) in [4.78, 5) is 11.6. The Hall–Kier alpha value is -0.0800. The molecule has 0 aromatic heterocycles. The molecular formula is C13H21ClO2. The molecule has 0 aromatic rings. The largest absolute Gasteiger partial charge is 0.393 e. The third kappa shape index (κ3) is 2.28. The molecule has 2 saturated carbocycles. The van der Waals surface area contributed by atoms with E-state index in [9.17, 15) is 4.79 Å². The Labute approximate surface area is 102 Å². The predicted molar refractivity (Wildman–Crippen MR) is 64.5 cm³/mol. The molecule has 2 fully saturated rings. The van der Waals surface area contributed by atoms with E-state index in [0.29, 0.717) is 17.6 Å². The van der Waals surface area contributed by atoms with Gasteiger partial charge < -0.3 is 5.11 Å². The van der Waals surface area contributed by atoms with E-state index in [1.807, 2.05) is 6.92 Å². The third-order valence-corrected chi connectivity index (χ3v) is 4.80. The second kappa shape index (κ2) is 5.05. The molecule has 16 heavy (non-hydrogen) atoms. The lowest BCUT2D eigenvalue weighted by molar-refractivity contribution is -0.133. The fourth-order valence-electron chi connectivity index (χ4n) is 3.33. The van der Waals surface area contributed by atoms with Crippen molar-refractivity contribution in [1.82, 2.24) is 0 Å². The summed E-state index contributed by atoms with van der Waals surface area (Å²) in [5.41, 5.74) is 0. The Bertz CT molecular complexity index is 265. The summed E-state index contributed by atoms with van der Waals surface area (Å²) in [6, 6.07) is 0. The molecule has 0 spiro atoms. The first-order valence-corrected chi connectivity index (χ1v) is 6.90. The topological polar surface area (TPSA) is 37.3 Å². The fraction of sp³-hybridized carbons (Fsp3) is 0.923. The number of Topliss-reactive ketones (excluding diaryl/α,β-unsaturated/α-hetero) is 1. The minimum Gasteiger partial charge on any atom is -0.393 e. The average molecular weight is 245 g/mol. The number of hydrogen-bond donors (Lipinski definition) is 1. The SMILES string of the molecule is CC(O)CCCCC1CCC2C(Cl)C(=O)C12. The maximum absolute atomic E-state index is 11.6. The first kappa shape index (κ1) is 12.4. The van der Waals surface area contributed by atoms with Crippen LogP contribution in [0.1, 0.15) is 45.4 Å². The van der Waals surface area contributed by atoms with Gasteiger partial charge in [0.15, 0.2) is 5.78 Å². The number of alkyl halides is 1. The summed E-state index contributed by atoms with van der Waals surface area (Å²) in [5, 5.41) is 8.98. The molecule has 5 unspecified atom stereocenters. The molecule has 2 aliphatic rings. The van der Waals surface area contributed by atoms with Crippen molar-refractivity contribution >= 4 is 17.4 Å². The molecule has 0 aliphatic heterocycles. The molecule has 3 heteroatoms. The maximum Gasteiger partial charge on any atom is 0.154 e. The monoisotopic (exact) mass is 244 g/mol. The number of rotatable bonds is 5. The van der Waals surface area contributed by atoms with Crippen molar-refractivity contribution in [2.24, 2.45) is 17.8 Å². The van der Waals surface area contributed by atoms with Gasteiger partial charge in [0.25, 0.3) is 0 Å². The van der Waals surface area contributed by atoms with Crippen LogP contribution in [-0.2, 0) is 4.79 Å². The molecule has 0 bridgehead atoms. The summed E-state index contributed by atoms with van der Waals surface area (Å²) >= 11 is 5.99. The van der Waals surface area contributed by atoms with Crippen LogP contribution in [0.2, 0.25) is 0 Å². The van der Waals surface area contributed by atoms with Crippen LogP contribution in [0.15, 0.2) is 0 Å². The lowest BCUT2D eigenvalue weighted by atomic mass is 9.70. The standard InChI is InChI=1S/C13H21ClO2/c1-8(15)4-2-3-5-9-6-7-10-11(9)13(16)12(10)14/h8-12,15H,2-7H2,1H3. The molecule has 0 heterocycles. The van der Waals surface area contributed by atoms with Gasteiger partial charge >= 0.3 is 0 Å². The second-order valence-corrected chi connectivity index (χ2v) is 5.93. The van der Waals surface area contributed by atoms with Gasteiger partial charge in [0.1, 0.15) is 0 Å². The molecule has 0 radical (unpaired) electrons. The van der Waals surface area contributed by atoms with E-state index in [-0.39, 0.29) is 17.4 Å². The zero-order valence-electron chi connectivity index (χ0n) is 9.86. The van der Waals surface area contributed by atoms with Crippen molar-refractivity contribution in [3.8, 4) is 0 Å². The molecular weight excluding hydrogens is 224 g/mol. The van der Waals surface area contributed by atoms with Crippen molar-refractivity contribution < 1.29 is 9.90 Å². The normalized spacial score (nSPS) is 39.3. The number of halogens is 1. The number of aliphatic hydroxyl groups excluding tert-OH is 1.